The van der Waals surface area contributed by atoms with Crippen LogP contribution in [-0.2, 0) is 16.4 Å². The number of sulfonamides is 1. The van der Waals surface area contributed by atoms with E-state index in [9.17, 15) is 21.6 Å². The van der Waals surface area contributed by atoms with Gasteiger partial charge in [-0.2, -0.15) is 0 Å². The topological polar surface area (TPSA) is 69.4 Å². The Kier molecular flexibility index (Phi) is 4.81. The van der Waals surface area contributed by atoms with Crippen LogP contribution in [0.2, 0.25) is 0 Å². The maximum atomic E-state index is 11.9. The first-order chi connectivity index (χ1) is 8.58. The molecule has 0 saturated carbocycles. The molecule has 8 heteroatoms. The molecule has 0 aliphatic carbocycles. The number of nitrogens with two attached hydrogens (primary N) is 1. The van der Waals surface area contributed by atoms with Crippen LogP contribution in [-0.4, -0.2) is 20.0 Å². The number of hydrogen-bond donors (Lipinski definition) is 1. The van der Waals surface area contributed by atoms with Crippen LogP contribution in [0, 0.1) is 0 Å². The molecule has 1 aromatic carbocycles. The molecule has 19 heavy (non-hydrogen) atoms. The average Bonchev–Trinajstić information content (AvgIpc) is 2.24. The van der Waals surface area contributed by atoms with Gasteiger partial charge in [-0.3, -0.25) is 0 Å². The largest absolute Gasteiger partial charge is 0.573 e. The lowest BCUT2D eigenvalue weighted by molar-refractivity contribution is -0.274. The summed E-state index contributed by atoms with van der Waals surface area (Å²) in [6, 6.07) is 5.28. The lowest BCUT2D eigenvalue weighted by Gasteiger charge is -2.10. The number of halogens is 3. The third-order valence-electron chi connectivity index (χ3n) is 2.56. The van der Waals surface area contributed by atoms with E-state index in [1.807, 2.05) is 0 Å². The number of benzene rings is 1. The average molecular weight is 297 g/mol. The maximum absolute atomic E-state index is 11.9. The van der Waals surface area contributed by atoms with Crippen molar-refractivity contribution in [3.05, 3.63) is 29.8 Å². The summed E-state index contributed by atoms with van der Waals surface area (Å²) in [5.74, 6) is -0.309. The van der Waals surface area contributed by atoms with E-state index in [2.05, 4.69) is 4.74 Å². The van der Waals surface area contributed by atoms with Gasteiger partial charge in [0, 0.05) is 0 Å². The summed E-state index contributed by atoms with van der Waals surface area (Å²) in [7, 11) is -3.58. The van der Waals surface area contributed by atoms with E-state index in [0.717, 1.165) is 0 Å². The van der Waals surface area contributed by atoms with Crippen LogP contribution in [0.4, 0.5) is 13.2 Å². The minimum atomic E-state index is -4.72. The summed E-state index contributed by atoms with van der Waals surface area (Å²) >= 11 is 0. The van der Waals surface area contributed by atoms with Crippen LogP contribution in [0.15, 0.2) is 24.3 Å². The summed E-state index contributed by atoms with van der Waals surface area (Å²) in [5.41, 5.74) is 0.713. The molecule has 0 aromatic heterocycles. The highest BCUT2D eigenvalue weighted by molar-refractivity contribution is 7.89. The Hall–Kier alpha value is -1.28. The molecule has 0 bridgehead atoms. The molecule has 2 N–H and O–H groups in total. The molecule has 0 aliphatic heterocycles. The first-order valence-electron chi connectivity index (χ1n) is 5.44. The summed E-state index contributed by atoms with van der Waals surface area (Å²) in [4.78, 5) is 0. The zero-order chi connectivity index (χ0) is 14.7. The second-order valence-corrected chi connectivity index (χ2v) is 6.11. The molecule has 0 spiro atoms. The van der Waals surface area contributed by atoms with Crippen molar-refractivity contribution in [2.24, 2.45) is 5.14 Å². The normalized spacial score (nSPS) is 14.2. The highest BCUT2D eigenvalue weighted by atomic mass is 32.2. The van der Waals surface area contributed by atoms with Crippen LogP contribution < -0.4 is 9.88 Å². The fraction of sp³-hybridized carbons (Fsp3) is 0.455. The summed E-state index contributed by atoms with van der Waals surface area (Å²) in [6.45, 7) is 1.48. The highest BCUT2D eigenvalue weighted by Gasteiger charge is 2.30. The molecule has 108 valence electrons. The van der Waals surface area contributed by atoms with Crippen molar-refractivity contribution >= 4 is 10.0 Å². The Labute approximate surface area is 109 Å². The van der Waals surface area contributed by atoms with Gasteiger partial charge in [-0.05, 0) is 37.5 Å². The fourth-order valence-electron chi connectivity index (χ4n) is 1.39. The Balaban J connectivity index is 2.58. The van der Waals surface area contributed by atoms with E-state index in [1.54, 1.807) is 0 Å². The Morgan fingerprint density at radius 2 is 1.79 bits per heavy atom. The van der Waals surface area contributed by atoms with E-state index in [4.69, 9.17) is 5.14 Å². The fourth-order valence-corrected chi connectivity index (χ4v) is 1.84. The van der Waals surface area contributed by atoms with Crippen molar-refractivity contribution in [3.8, 4) is 5.75 Å². The smallest absolute Gasteiger partial charge is 0.406 e. The van der Waals surface area contributed by atoms with Gasteiger partial charge in [-0.1, -0.05) is 12.1 Å². The second kappa shape index (κ2) is 5.79. The van der Waals surface area contributed by atoms with Crippen molar-refractivity contribution in [2.75, 3.05) is 0 Å². The SMILES string of the molecule is CC(CCc1ccc(OC(F)(F)F)cc1)S(N)(=O)=O. The number of rotatable bonds is 5. The quantitative estimate of drug-likeness (QED) is 0.905. The molecule has 4 nitrogen and oxygen atoms in total. The van der Waals surface area contributed by atoms with Crippen LogP contribution in [0.1, 0.15) is 18.9 Å². The molecule has 0 fully saturated rings. The Bertz CT molecular complexity index is 511. The minimum absolute atomic E-state index is 0.304. The van der Waals surface area contributed by atoms with Crippen molar-refractivity contribution in [1.29, 1.82) is 0 Å². The van der Waals surface area contributed by atoms with Crippen LogP contribution in [0.5, 0.6) is 5.75 Å². The highest BCUT2D eigenvalue weighted by Crippen LogP contribution is 2.23. The van der Waals surface area contributed by atoms with E-state index in [-0.39, 0.29) is 5.75 Å². The lowest BCUT2D eigenvalue weighted by Crippen LogP contribution is -2.26. The molecular weight excluding hydrogens is 283 g/mol. The molecule has 0 amide bonds. The number of ether oxygens (including phenoxy) is 1. The van der Waals surface area contributed by atoms with Gasteiger partial charge >= 0.3 is 6.36 Å². The van der Waals surface area contributed by atoms with E-state index in [1.165, 1.54) is 31.2 Å². The molecule has 0 radical (unpaired) electrons. The summed E-state index contributed by atoms with van der Waals surface area (Å²) < 4.78 is 61.5. The molecule has 1 rings (SSSR count). The van der Waals surface area contributed by atoms with Crippen molar-refractivity contribution in [2.45, 2.75) is 31.4 Å². The number of hydrogen-bond acceptors (Lipinski definition) is 3. The maximum Gasteiger partial charge on any atom is 0.573 e. The van der Waals surface area contributed by atoms with Crippen molar-refractivity contribution < 1.29 is 26.3 Å². The van der Waals surface area contributed by atoms with Crippen LogP contribution in [0.25, 0.3) is 0 Å². The number of primary sulfonamides is 1. The molecule has 1 atom stereocenters. The molecule has 1 unspecified atom stereocenters. The van der Waals surface area contributed by atoms with Gasteiger partial charge in [0.2, 0.25) is 10.0 Å². The van der Waals surface area contributed by atoms with Gasteiger partial charge in [0.05, 0.1) is 5.25 Å². The van der Waals surface area contributed by atoms with Gasteiger partial charge < -0.3 is 4.74 Å². The van der Waals surface area contributed by atoms with Gasteiger partial charge in [-0.15, -0.1) is 13.2 Å². The molecular formula is C11H14F3NO3S. The first-order valence-corrected chi connectivity index (χ1v) is 7.05. The lowest BCUT2D eigenvalue weighted by atomic mass is 10.1. The zero-order valence-electron chi connectivity index (χ0n) is 10.1. The van der Waals surface area contributed by atoms with E-state index >= 15 is 0 Å². The minimum Gasteiger partial charge on any atom is -0.406 e. The van der Waals surface area contributed by atoms with Gasteiger partial charge in [0.15, 0.2) is 0 Å². The number of aryl methyl sites for hydroxylation is 1. The molecule has 0 aliphatic rings. The van der Waals surface area contributed by atoms with E-state index < -0.39 is 21.6 Å². The predicted octanol–water partition coefficient (Wildman–Crippen LogP) is 2.19. The monoisotopic (exact) mass is 297 g/mol. The van der Waals surface area contributed by atoms with Crippen LogP contribution in [0.3, 0.4) is 0 Å². The molecule has 1 aromatic rings. The van der Waals surface area contributed by atoms with Gasteiger partial charge in [0.25, 0.3) is 0 Å². The Morgan fingerprint density at radius 3 is 2.21 bits per heavy atom. The third-order valence-corrected chi connectivity index (χ3v) is 3.91. The van der Waals surface area contributed by atoms with Crippen molar-refractivity contribution in [3.63, 3.8) is 0 Å². The van der Waals surface area contributed by atoms with Gasteiger partial charge in [0.1, 0.15) is 5.75 Å². The van der Waals surface area contributed by atoms with Gasteiger partial charge in [-0.25, -0.2) is 13.6 Å². The first kappa shape index (κ1) is 15.8. The van der Waals surface area contributed by atoms with Crippen molar-refractivity contribution in [1.82, 2.24) is 0 Å². The Morgan fingerprint density at radius 1 is 1.26 bits per heavy atom. The van der Waals surface area contributed by atoms with E-state index in [0.29, 0.717) is 18.4 Å². The molecule has 0 saturated heterocycles. The standard InChI is InChI=1S/C11H14F3NO3S/c1-8(19(15,16)17)2-3-9-4-6-10(7-5-9)18-11(12,13)14/h4-8H,2-3H2,1H3,(H2,15,16,17). The number of alkyl halides is 3. The molecule has 0 heterocycles. The summed E-state index contributed by atoms with van der Waals surface area (Å²) in [5, 5.41) is 4.27. The zero-order valence-corrected chi connectivity index (χ0v) is 11.0. The summed E-state index contributed by atoms with van der Waals surface area (Å²) in [6.07, 6.45) is -4.01. The third kappa shape index (κ3) is 5.93. The predicted molar refractivity (Wildman–Crippen MR) is 64.0 cm³/mol. The van der Waals surface area contributed by atoms with Crippen LogP contribution >= 0.6 is 0 Å². The second-order valence-electron chi connectivity index (χ2n) is 4.13.